The number of halogens is 3. The number of benzene rings is 2. The van der Waals surface area contributed by atoms with E-state index in [1.807, 2.05) is 0 Å². The van der Waals surface area contributed by atoms with Gasteiger partial charge in [-0.3, -0.25) is 0 Å². The van der Waals surface area contributed by atoms with Crippen LogP contribution in [0, 0.1) is 0 Å². The molecule has 0 aliphatic rings. The van der Waals surface area contributed by atoms with Gasteiger partial charge in [0.15, 0.2) is 0 Å². The number of aromatic nitrogens is 4. The van der Waals surface area contributed by atoms with Crippen molar-refractivity contribution in [1.29, 1.82) is 0 Å². The molecule has 1 heterocycles. The lowest BCUT2D eigenvalue weighted by Crippen LogP contribution is -2.33. The Balaban J connectivity index is 1.61. The zero-order chi connectivity index (χ0) is 24.1. The maximum Gasteiger partial charge on any atom is 0.416 e. The number of nitrogens with zero attached hydrogens (tertiary/aromatic N) is 4. The Hall–Kier alpha value is -3.63. The first kappa shape index (κ1) is 24.0. The summed E-state index contributed by atoms with van der Waals surface area (Å²) in [7, 11) is 0. The first-order valence-electron chi connectivity index (χ1n) is 10.3. The number of para-hydroxylation sites is 1. The van der Waals surface area contributed by atoms with Crippen molar-refractivity contribution in [1.82, 2.24) is 25.5 Å². The first-order valence-corrected chi connectivity index (χ1v) is 10.3. The molecule has 3 aromatic rings. The number of alkyl halides is 3. The summed E-state index contributed by atoms with van der Waals surface area (Å²) in [5.74, 6) is 0.366. The van der Waals surface area contributed by atoms with Crippen molar-refractivity contribution in [2.45, 2.75) is 45.5 Å². The average molecular weight is 462 g/mol. The highest BCUT2D eigenvalue weighted by Crippen LogP contribution is 2.32. The maximum atomic E-state index is 12.8. The number of tetrazole rings is 1. The molecule has 0 atom stereocenters. The molecule has 33 heavy (non-hydrogen) atoms. The van der Waals surface area contributed by atoms with Gasteiger partial charge in [0.1, 0.15) is 5.60 Å². The molecule has 0 fully saturated rings. The van der Waals surface area contributed by atoms with E-state index in [2.05, 4.69) is 26.0 Å². The predicted octanol–water partition coefficient (Wildman–Crippen LogP) is 5.02. The first-order chi connectivity index (χ1) is 15.5. The van der Waals surface area contributed by atoms with Crippen LogP contribution in [-0.2, 0) is 17.5 Å². The summed E-state index contributed by atoms with van der Waals surface area (Å²) in [6.45, 7) is 6.18. The van der Waals surface area contributed by atoms with E-state index in [0.29, 0.717) is 42.3 Å². The standard InChI is InChI=1S/C22H25F3N6O2/c1-21(2,3)33-20(32)26-13-6-14-31-29-19(28-30-31)17-7-4-5-8-18(17)27-16-11-9-15(10-12-16)22(23,24)25/h4-5,7-12,27H,6,13-14H2,1-3H3,(H,26,32). The Labute approximate surface area is 189 Å². The fraction of sp³-hybridized carbons (Fsp3) is 0.364. The quantitative estimate of drug-likeness (QED) is 0.479. The SMILES string of the molecule is CC(C)(C)OC(=O)NCCCn1nnc(-c2ccccc2Nc2ccc(C(F)(F)F)cc2)n1. The van der Waals surface area contributed by atoms with Crippen LogP contribution in [0.25, 0.3) is 11.4 Å². The summed E-state index contributed by atoms with van der Waals surface area (Å²) in [6, 6.07) is 11.9. The summed E-state index contributed by atoms with van der Waals surface area (Å²) < 4.78 is 43.5. The Kier molecular flexibility index (Phi) is 7.19. The van der Waals surface area contributed by atoms with Crippen LogP contribution in [0.5, 0.6) is 0 Å². The van der Waals surface area contributed by atoms with Gasteiger partial charge in [0.2, 0.25) is 5.82 Å². The normalized spacial score (nSPS) is 11.8. The minimum atomic E-state index is -4.39. The third-order valence-electron chi connectivity index (χ3n) is 4.32. The summed E-state index contributed by atoms with van der Waals surface area (Å²) >= 11 is 0. The van der Waals surface area contributed by atoms with Crippen molar-refractivity contribution in [3.63, 3.8) is 0 Å². The number of amides is 1. The largest absolute Gasteiger partial charge is 0.444 e. The van der Waals surface area contributed by atoms with E-state index < -0.39 is 23.4 Å². The number of alkyl carbamates (subject to hydrolysis) is 1. The van der Waals surface area contributed by atoms with Gasteiger partial charge in [-0.25, -0.2) is 4.79 Å². The van der Waals surface area contributed by atoms with Crippen molar-refractivity contribution in [2.24, 2.45) is 0 Å². The van der Waals surface area contributed by atoms with Crippen LogP contribution in [0.1, 0.15) is 32.8 Å². The van der Waals surface area contributed by atoms with Crippen LogP contribution < -0.4 is 10.6 Å². The highest BCUT2D eigenvalue weighted by molar-refractivity contribution is 5.77. The molecular weight excluding hydrogens is 437 g/mol. The molecule has 1 aromatic heterocycles. The lowest BCUT2D eigenvalue weighted by atomic mass is 10.1. The van der Waals surface area contributed by atoms with Crippen molar-refractivity contribution in [2.75, 3.05) is 11.9 Å². The van der Waals surface area contributed by atoms with Crippen LogP contribution in [0.15, 0.2) is 48.5 Å². The highest BCUT2D eigenvalue weighted by atomic mass is 19.4. The Bertz CT molecular complexity index is 1070. The molecule has 3 rings (SSSR count). The fourth-order valence-electron chi connectivity index (χ4n) is 2.86. The predicted molar refractivity (Wildman–Crippen MR) is 117 cm³/mol. The number of aryl methyl sites for hydroxylation is 1. The van der Waals surface area contributed by atoms with Crippen molar-refractivity contribution in [3.8, 4) is 11.4 Å². The molecule has 0 saturated heterocycles. The van der Waals surface area contributed by atoms with Crippen LogP contribution in [0.4, 0.5) is 29.3 Å². The summed E-state index contributed by atoms with van der Waals surface area (Å²) in [6.07, 6.45) is -4.31. The molecule has 2 aromatic carbocycles. The van der Waals surface area contributed by atoms with E-state index in [1.165, 1.54) is 16.9 Å². The van der Waals surface area contributed by atoms with E-state index in [4.69, 9.17) is 4.74 Å². The van der Waals surface area contributed by atoms with Crippen LogP contribution in [0.3, 0.4) is 0 Å². The molecule has 0 bridgehead atoms. The van der Waals surface area contributed by atoms with Crippen LogP contribution >= 0.6 is 0 Å². The van der Waals surface area contributed by atoms with E-state index in [-0.39, 0.29) is 0 Å². The molecule has 0 saturated carbocycles. The molecule has 0 aliphatic carbocycles. The zero-order valence-corrected chi connectivity index (χ0v) is 18.5. The van der Waals surface area contributed by atoms with Crippen molar-refractivity contribution in [3.05, 3.63) is 54.1 Å². The number of hydrogen-bond donors (Lipinski definition) is 2. The molecule has 176 valence electrons. The Morgan fingerprint density at radius 3 is 2.42 bits per heavy atom. The number of carbonyl (C=O) groups is 1. The highest BCUT2D eigenvalue weighted by Gasteiger charge is 2.30. The maximum absolute atomic E-state index is 12.8. The monoisotopic (exact) mass is 462 g/mol. The van der Waals surface area contributed by atoms with E-state index in [1.54, 1.807) is 45.0 Å². The minimum absolute atomic E-state index is 0.366. The van der Waals surface area contributed by atoms with Gasteiger partial charge in [0.05, 0.1) is 12.1 Å². The summed E-state index contributed by atoms with van der Waals surface area (Å²) in [5, 5.41) is 18.2. The Morgan fingerprint density at radius 2 is 1.76 bits per heavy atom. The number of anilines is 2. The van der Waals surface area contributed by atoms with E-state index in [0.717, 1.165) is 12.1 Å². The van der Waals surface area contributed by atoms with Crippen LogP contribution in [-0.4, -0.2) is 38.4 Å². The second kappa shape index (κ2) is 9.88. The summed E-state index contributed by atoms with van der Waals surface area (Å²) in [5.41, 5.74) is 0.496. The summed E-state index contributed by atoms with van der Waals surface area (Å²) in [4.78, 5) is 13.1. The fourth-order valence-corrected chi connectivity index (χ4v) is 2.86. The second-order valence-electron chi connectivity index (χ2n) is 8.24. The van der Waals surface area contributed by atoms with Gasteiger partial charge < -0.3 is 15.4 Å². The average Bonchev–Trinajstić information content (AvgIpc) is 3.19. The topological polar surface area (TPSA) is 94.0 Å². The molecule has 0 spiro atoms. The Morgan fingerprint density at radius 1 is 1.06 bits per heavy atom. The molecule has 1 amide bonds. The molecule has 8 nitrogen and oxygen atoms in total. The molecule has 0 unspecified atom stereocenters. The van der Waals surface area contributed by atoms with E-state index in [9.17, 15) is 18.0 Å². The van der Waals surface area contributed by atoms with Gasteiger partial charge in [-0.2, -0.15) is 18.0 Å². The smallest absolute Gasteiger partial charge is 0.416 e. The van der Waals surface area contributed by atoms with Gasteiger partial charge in [0.25, 0.3) is 0 Å². The molecule has 0 radical (unpaired) electrons. The van der Waals surface area contributed by atoms with Crippen LogP contribution in [0.2, 0.25) is 0 Å². The van der Waals surface area contributed by atoms with Gasteiger partial charge in [-0.15, -0.1) is 10.2 Å². The lowest BCUT2D eigenvalue weighted by molar-refractivity contribution is -0.137. The zero-order valence-electron chi connectivity index (χ0n) is 18.5. The van der Waals surface area contributed by atoms with E-state index >= 15 is 0 Å². The lowest BCUT2D eigenvalue weighted by Gasteiger charge is -2.19. The van der Waals surface area contributed by atoms with Crippen molar-refractivity contribution >= 4 is 17.5 Å². The third-order valence-corrected chi connectivity index (χ3v) is 4.32. The number of carbonyl (C=O) groups excluding carboxylic acids is 1. The molecular formula is C22H25F3N6O2. The number of ether oxygens (including phenoxy) is 1. The van der Waals surface area contributed by atoms with Gasteiger partial charge in [-0.05, 0) is 68.8 Å². The number of rotatable bonds is 7. The molecule has 2 N–H and O–H groups in total. The third kappa shape index (κ3) is 7.19. The van der Waals surface area contributed by atoms with Gasteiger partial charge in [0, 0.05) is 23.5 Å². The van der Waals surface area contributed by atoms with Gasteiger partial charge in [-0.1, -0.05) is 12.1 Å². The number of nitrogens with one attached hydrogen (secondary N) is 2. The second-order valence-corrected chi connectivity index (χ2v) is 8.24. The molecule has 11 heteroatoms. The number of hydrogen-bond acceptors (Lipinski definition) is 6. The van der Waals surface area contributed by atoms with Gasteiger partial charge >= 0.3 is 12.3 Å². The molecule has 0 aliphatic heterocycles. The van der Waals surface area contributed by atoms with Crippen molar-refractivity contribution < 1.29 is 22.7 Å². The minimum Gasteiger partial charge on any atom is -0.444 e.